The van der Waals surface area contributed by atoms with E-state index in [1.807, 2.05) is 0 Å². The second-order valence-corrected chi connectivity index (χ2v) is 2.93. The second kappa shape index (κ2) is 3.76. The zero-order valence-corrected chi connectivity index (χ0v) is 8.04. The Labute approximate surface area is 83.9 Å². The molecule has 0 saturated carbocycles. The van der Waals surface area contributed by atoms with Gasteiger partial charge in [0.2, 0.25) is 0 Å². The van der Waals surface area contributed by atoms with Crippen molar-refractivity contribution in [1.29, 1.82) is 0 Å². The lowest BCUT2D eigenvalue weighted by molar-refractivity contribution is 0.203. The minimum atomic E-state index is -1.15. The highest BCUT2D eigenvalue weighted by Gasteiger charge is 2.14. The van der Waals surface area contributed by atoms with E-state index < -0.39 is 6.09 Å². The summed E-state index contributed by atoms with van der Waals surface area (Å²) in [6.07, 6.45) is -1.15. The van der Waals surface area contributed by atoms with Gasteiger partial charge in [-0.05, 0) is 0 Å². The Bertz CT molecular complexity index is 345. The van der Waals surface area contributed by atoms with E-state index in [2.05, 4.69) is 10.2 Å². The number of nitrogens with zero attached hydrogens (tertiary/aromatic N) is 3. The average molecular weight is 222 g/mol. The smallest absolute Gasteiger partial charge is 0.411 e. The van der Waals surface area contributed by atoms with E-state index in [9.17, 15) is 4.79 Å². The van der Waals surface area contributed by atoms with Crippen LogP contribution in [-0.4, -0.2) is 28.4 Å². The number of amides is 1. The number of carboxylic acid groups (broad SMARTS) is 1. The molecule has 0 saturated heterocycles. The molecule has 1 amide bonds. The molecular formula is C6H5Cl2N3O2. The summed E-state index contributed by atoms with van der Waals surface area (Å²) in [5.41, 5.74) is 0.203. The van der Waals surface area contributed by atoms with E-state index in [0.717, 1.165) is 4.90 Å². The maximum Gasteiger partial charge on any atom is 0.411 e. The zero-order chi connectivity index (χ0) is 10.0. The largest absolute Gasteiger partial charge is 0.465 e. The number of halogens is 2. The topological polar surface area (TPSA) is 66.3 Å². The standard InChI is InChI=1S/C6H5Cl2N3O2/c1-11(6(12)13)3-2-4(7)9-10-5(3)8/h2H,1H3,(H,12,13). The van der Waals surface area contributed by atoms with E-state index in [4.69, 9.17) is 28.3 Å². The predicted octanol–water partition coefficient (Wildman–Crippen LogP) is 1.90. The van der Waals surface area contributed by atoms with Gasteiger partial charge in [0.05, 0.1) is 5.69 Å². The molecule has 0 aliphatic rings. The van der Waals surface area contributed by atoms with Gasteiger partial charge >= 0.3 is 6.09 Å². The Morgan fingerprint density at radius 2 is 2.15 bits per heavy atom. The maximum absolute atomic E-state index is 10.5. The third-order valence-electron chi connectivity index (χ3n) is 1.35. The van der Waals surface area contributed by atoms with Crippen LogP contribution in [0.3, 0.4) is 0 Å². The molecule has 13 heavy (non-hydrogen) atoms. The van der Waals surface area contributed by atoms with Crippen molar-refractivity contribution in [3.63, 3.8) is 0 Å². The molecule has 7 heteroatoms. The molecule has 1 aromatic rings. The molecule has 0 atom stereocenters. The van der Waals surface area contributed by atoms with Crippen LogP contribution in [0, 0.1) is 0 Å². The molecule has 0 aliphatic carbocycles. The third kappa shape index (κ3) is 2.19. The molecule has 1 heterocycles. The van der Waals surface area contributed by atoms with Gasteiger partial charge in [0.25, 0.3) is 0 Å². The molecular weight excluding hydrogens is 217 g/mol. The Kier molecular flexibility index (Phi) is 2.90. The van der Waals surface area contributed by atoms with Gasteiger partial charge in [0.1, 0.15) is 0 Å². The van der Waals surface area contributed by atoms with Crippen LogP contribution < -0.4 is 4.90 Å². The molecule has 0 fully saturated rings. The monoisotopic (exact) mass is 221 g/mol. The Morgan fingerprint density at radius 1 is 1.54 bits per heavy atom. The van der Waals surface area contributed by atoms with Crippen LogP contribution in [0.15, 0.2) is 6.07 Å². The predicted molar refractivity (Wildman–Crippen MR) is 48.5 cm³/mol. The fourth-order valence-corrected chi connectivity index (χ4v) is 1.04. The van der Waals surface area contributed by atoms with Gasteiger partial charge in [-0.25, -0.2) is 4.79 Å². The Balaban J connectivity index is 3.12. The number of hydrogen-bond donors (Lipinski definition) is 1. The molecule has 0 radical (unpaired) electrons. The van der Waals surface area contributed by atoms with Crippen LogP contribution in [0.25, 0.3) is 0 Å². The lowest BCUT2D eigenvalue weighted by Crippen LogP contribution is -2.24. The molecule has 70 valence electrons. The van der Waals surface area contributed by atoms with Crippen molar-refractivity contribution >= 4 is 35.0 Å². The van der Waals surface area contributed by atoms with Gasteiger partial charge in [-0.2, -0.15) is 0 Å². The SMILES string of the molecule is CN(C(=O)O)c1cc(Cl)nnc1Cl. The van der Waals surface area contributed by atoms with Crippen LogP contribution >= 0.6 is 23.2 Å². The third-order valence-corrected chi connectivity index (χ3v) is 1.80. The summed E-state index contributed by atoms with van der Waals surface area (Å²) in [6.45, 7) is 0. The first-order chi connectivity index (χ1) is 6.02. The van der Waals surface area contributed by atoms with Gasteiger partial charge in [0, 0.05) is 13.1 Å². The number of aromatic nitrogens is 2. The van der Waals surface area contributed by atoms with Crippen molar-refractivity contribution in [1.82, 2.24) is 10.2 Å². The van der Waals surface area contributed by atoms with E-state index >= 15 is 0 Å². The quantitative estimate of drug-likeness (QED) is 0.787. The molecule has 1 rings (SSSR count). The molecule has 0 spiro atoms. The van der Waals surface area contributed by atoms with E-state index in [-0.39, 0.29) is 16.0 Å². The number of hydrogen-bond acceptors (Lipinski definition) is 3. The highest BCUT2D eigenvalue weighted by molar-refractivity contribution is 6.33. The van der Waals surface area contributed by atoms with Gasteiger partial charge in [-0.1, -0.05) is 23.2 Å². The van der Waals surface area contributed by atoms with Crippen molar-refractivity contribution in [2.75, 3.05) is 11.9 Å². The summed E-state index contributed by atoms with van der Waals surface area (Å²) in [6, 6.07) is 1.32. The number of anilines is 1. The molecule has 0 aromatic carbocycles. The Hall–Kier alpha value is -1.07. The molecule has 5 nitrogen and oxygen atoms in total. The minimum absolute atomic E-state index is 0.00528. The normalized spacial score (nSPS) is 9.77. The molecule has 1 aromatic heterocycles. The summed E-state index contributed by atoms with van der Waals surface area (Å²) in [5.74, 6) is 0. The fourth-order valence-electron chi connectivity index (χ4n) is 0.682. The van der Waals surface area contributed by atoms with Crippen molar-refractivity contribution in [3.8, 4) is 0 Å². The second-order valence-electron chi connectivity index (χ2n) is 2.18. The van der Waals surface area contributed by atoms with E-state index in [1.54, 1.807) is 0 Å². The van der Waals surface area contributed by atoms with Crippen molar-refractivity contribution in [3.05, 3.63) is 16.4 Å². The van der Waals surface area contributed by atoms with Gasteiger partial charge in [0.15, 0.2) is 10.3 Å². The van der Waals surface area contributed by atoms with Crippen molar-refractivity contribution in [2.45, 2.75) is 0 Å². The van der Waals surface area contributed by atoms with E-state index in [0.29, 0.717) is 0 Å². The summed E-state index contributed by atoms with van der Waals surface area (Å²) in [5, 5.41) is 15.6. The van der Waals surface area contributed by atoms with Crippen LogP contribution in [0.4, 0.5) is 10.5 Å². The first-order valence-electron chi connectivity index (χ1n) is 3.17. The summed E-state index contributed by atoms with van der Waals surface area (Å²) in [7, 11) is 1.33. The van der Waals surface area contributed by atoms with Crippen molar-refractivity contribution < 1.29 is 9.90 Å². The van der Waals surface area contributed by atoms with Crippen LogP contribution in [0.5, 0.6) is 0 Å². The minimum Gasteiger partial charge on any atom is -0.465 e. The molecule has 0 bridgehead atoms. The summed E-state index contributed by atoms with van der Waals surface area (Å²) < 4.78 is 0. The summed E-state index contributed by atoms with van der Waals surface area (Å²) >= 11 is 11.1. The molecule has 1 N–H and O–H groups in total. The lowest BCUT2D eigenvalue weighted by atomic mass is 10.4. The van der Waals surface area contributed by atoms with Crippen molar-refractivity contribution in [2.24, 2.45) is 0 Å². The molecule has 0 unspecified atom stereocenters. The first-order valence-corrected chi connectivity index (χ1v) is 3.93. The Morgan fingerprint density at radius 3 is 2.69 bits per heavy atom. The highest BCUT2D eigenvalue weighted by Crippen LogP contribution is 2.23. The van der Waals surface area contributed by atoms with E-state index in [1.165, 1.54) is 13.1 Å². The molecule has 0 aliphatic heterocycles. The van der Waals surface area contributed by atoms with Gasteiger partial charge in [-0.3, -0.25) is 4.90 Å². The maximum atomic E-state index is 10.5. The van der Waals surface area contributed by atoms with Crippen LogP contribution in [-0.2, 0) is 0 Å². The van der Waals surface area contributed by atoms with Crippen LogP contribution in [0.2, 0.25) is 10.3 Å². The van der Waals surface area contributed by atoms with Crippen LogP contribution in [0.1, 0.15) is 0 Å². The van der Waals surface area contributed by atoms with Gasteiger partial charge in [-0.15, -0.1) is 10.2 Å². The summed E-state index contributed by atoms with van der Waals surface area (Å²) in [4.78, 5) is 11.4. The highest BCUT2D eigenvalue weighted by atomic mass is 35.5. The van der Waals surface area contributed by atoms with Gasteiger partial charge < -0.3 is 5.11 Å². The number of carbonyl (C=O) groups is 1. The number of rotatable bonds is 1. The fraction of sp³-hybridized carbons (Fsp3) is 0.167. The average Bonchev–Trinajstić information content (AvgIpc) is 2.08. The first kappa shape index (κ1) is 10.0. The zero-order valence-electron chi connectivity index (χ0n) is 6.53. The lowest BCUT2D eigenvalue weighted by Gasteiger charge is -2.13.